The maximum absolute atomic E-state index is 12.8. The van der Waals surface area contributed by atoms with Gasteiger partial charge >= 0.3 is 0 Å². The molecular weight excluding hydrogens is 232 g/mol. The van der Waals surface area contributed by atoms with E-state index in [1.165, 1.54) is 36.8 Å². The summed E-state index contributed by atoms with van der Waals surface area (Å²) in [6.07, 6.45) is 7.20. The lowest BCUT2D eigenvalue weighted by atomic mass is 9.87. The Morgan fingerprint density at radius 2 is 1.63 bits per heavy atom. The van der Waals surface area contributed by atoms with Crippen LogP contribution >= 0.6 is 0 Å². The van der Waals surface area contributed by atoms with Crippen LogP contribution < -0.4 is 0 Å². The standard InChI is InChI=1S/C18H24O/c1-3-12-5-10-16(11-13(12)4-2)18(19)17(14-6-7-14)15-8-9-15/h5,10-11,14-15,17H,3-4,6-9H2,1-2H3. The Labute approximate surface area is 116 Å². The second kappa shape index (κ2) is 5.11. The molecule has 2 aliphatic rings. The number of rotatable bonds is 6. The number of carbonyl (C=O) groups excluding carboxylic acids is 1. The fraction of sp³-hybridized carbons (Fsp3) is 0.611. The lowest BCUT2D eigenvalue weighted by molar-refractivity contribution is 0.0886. The zero-order valence-electron chi connectivity index (χ0n) is 12.1. The third-order valence-corrected chi connectivity index (χ3v) is 4.82. The van der Waals surface area contributed by atoms with Gasteiger partial charge in [0.1, 0.15) is 0 Å². The maximum atomic E-state index is 12.8. The molecule has 0 heterocycles. The van der Waals surface area contributed by atoms with Gasteiger partial charge in [-0.1, -0.05) is 26.0 Å². The number of carbonyl (C=O) groups is 1. The predicted molar refractivity (Wildman–Crippen MR) is 78.5 cm³/mol. The molecule has 0 spiro atoms. The first kappa shape index (κ1) is 12.9. The van der Waals surface area contributed by atoms with Crippen molar-refractivity contribution in [3.8, 4) is 0 Å². The second-order valence-electron chi connectivity index (χ2n) is 6.26. The van der Waals surface area contributed by atoms with Gasteiger partial charge in [0.05, 0.1) is 0 Å². The van der Waals surface area contributed by atoms with E-state index >= 15 is 0 Å². The molecule has 0 amide bonds. The number of ketones is 1. The van der Waals surface area contributed by atoms with Gasteiger partial charge in [0.2, 0.25) is 0 Å². The van der Waals surface area contributed by atoms with Crippen LogP contribution in [0.25, 0.3) is 0 Å². The molecule has 2 saturated carbocycles. The Hall–Kier alpha value is -1.11. The normalized spacial score (nSPS) is 18.9. The van der Waals surface area contributed by atoms with Gasteiger partial charge in [-0.2, -0.15) is 0 Å². The lowest BCUT2D eigenvalue weighted by Gasteiger charge is -2.15. The third-order valence-electron chi connectivity index (χ3n) is 4.82. The first-order valence-corrected chi connectivity index (χ1v) is 7.90. The van der Waals surface area contributed by atoms with Gasteiger partial charge in [0.25, 0.3) is 0 Å². The van der Waals surface area contributed by atoms with Gasteiger partial charge in [-0.3, -0.25) is 4.79 Å². The van der Waals surface area contributed by atoms with E-state index < -0.39 is 0 Å². The summed E-state index contributed by atoms with van der Waals surface area (Å²) < 4.78 is 0. The first-order valence-electron chi connectivity index (χ1n) is 7.90. The molecule has 102 valence electrons. The summed E-state index contributed by atoms with van der Waals surface area (Å²) in [6, 6.07) is 6.40. The fourth-order valence-electron chi connectivity index (χ4n) is 3.37. The van der Waals surface area contributed by atoms with Gasteiger partial charge < -0.3 is 0 Å². The minimum absolute atomic E-state index is 0.345. The van der Waals surface area contributed by atoms with Crippen molar-refractivity contribution in [3.63, 3.8) is 0 Å². The molecule has 3 rings (SSSR count). The van der Waals surface area contributed by atoms with Crippen LogP contribution in [0.3, 0.4) is 0 Å². The topological polar surface area (TPSA) is 17.1 Å². The molecule has 1 aromatic carbocycles. The van der Waals surface area contributed by atoms with Crippen molar-refractivity contribution in [1.82, 2.24) is 0 Å². The number of benzene rings is 1. The van der Waals surface area contributed by atoms with Crippen molar-refractivity contribution < 1.29 is 4.79 Å². The summed E-state index contributed by atoms with van der Waals surface area (Å²) in [5.41, 5.74) is 3.73. The van der Waals surface area contributed by atoms with Crippen LogP contribution in [0.4, 0.5) is 0 Å². The predicted octanol–water partition coefficient (Wildman–Crippen LogP) is 4.43. The molecule has 2 fully saturated rings. The average molecular weight is 256 g/mol. The molecule has 0 aromatic heterocycles. The van der Waals surface area contributed by atoms with E-state index in [-0.39, 0.29) is 0 Å². The summed E-state index contributed by atoms with van der Waals surface area (Å²) in [6.45, 7) is 4.37. The van der Waals surface area contributed by atoms with Gasteiger partial charge in [-0.25, -0.2) is 0 Å². The van der Waals surface area contributed by atoms with E-state index in [9.17, 15) is 4.79 Å². The van der Waals surface area contributed by atoms with E-state index in [4.69, 9.17) is 0 Å². The highest BCUT2D eigenvalue weighted by molar-refractivity contribution is 5.98. The maximum Gasteiger partial charge on any atom is 0.166 e. The van der Waals surface area contributed by atoms with Crippen molar-refractivity contribution in [2.24, 2.45) is 17.8 Å². The molecule has 0 N–H and O–H groups in total. The Morgan fingerprint density at radius 1 is 1.05 bits per heavy atom. The van der Waals surface area contributed by atoms with Gasteiger partial charge in [0.15, 0.2) is 5.78 Å². The quantitative estimate of drug-likeness (QED) is 0.688. The SMILES string of the molecule is CCc1ccc(C(=O)C(C2CC2)C2CC2)cc1CC. The van der Waals surface area contributed by atoms with Crippen molar-refractivity contribution in [2.75, 3.05) is 0 Å². The summed E-state index contributed by atoms with van der Waals surface area (Å²) in [4.78, 5) is 12.8. The zero-order valence-corrected chi connectivity index (χ0v) is 12.1. The minimum Gasteiger partial charge on any atom is -0.294 e. The van der Waals surface area contributed by atoms with Gasteiger partial charge in [0, 0.05) is 11.5 Å². The summed E-state index contributed by atoms with van der Waals surface area (Å²) in [5.74, 6) is 2.19. The van der Waals surface area contributed by atoms with Crippen LogP contribution in [-0.4, -0.2) is 5.78 Å². The number of Topliss-reactive ketones (excluding diaryl/α,β-unsaturated/α-hetero) is 1. The van der Waals surface area contributed by atoms with Crippen LogP contribution in [0.1, 0.15) is 61.0 Å². The zero-order chi connectivity index (χ0) is 13.4. The highest BCUT2D eigenvalue weighted by Crippen LogP contribution is 2.50. The molecule has 1 aromatic rings. The molecule has 0 saturated heterocycles. The molecule has 19 heavy (non-hydrogen) atoms. The second-order valence-corrected chi connectivity index (χ2v) is 6.26. The average Bonchev–Trinajstić information content (AvgIpc) is 3.31. The molecule has 1 heteroatoms. The first-order chi connectivity index (χ1) is 9.24. The Balaban J connectivity index is 1.85. The summed E-state index contributed by atoms with van der Waals surface area (Å²) in [7, 11) is 0. The van der Waals surface area contributed by atoms with Crippen LogP contribution in [-0.2, 0) is 12.8 Å². The molecular formula is C18H24O. The lowest BCUT2D eigenvalue weighted by Crippen LogP contribution is -2.19. The smallest absolute Gasteiger partial charge is 0.166 e. The molecule has 1 nitrogen and oxygen atoms in total. The molecule has 0 radical (unpaired) electrons. The molecule has 0 bridgehead atoms. The van der Waals surface area contributed by atoms with Crippen LogP contribution in [0.15, 0.2) is 18.2 Å². The Kier molecular flexibility index (Phi) is 3.47. The van der Waals surface area contributed by atoms with Crippen molar-refractivity contribution >= 4 is 5.78 Å². The Morgan fingerprint density at radius 3 is 2.11 bits per heavy atom. The van der Waals surface area contributed by atoms with Crippen LogP contribution in [0.2, 0.25) is 0 Å². The summed E-state index contributed by atoms with van der Waals surface area (Å²) in [5, 5.41) is 0. The monoisotopic (exact) mass is 256 g/mol. The number of hydrogen-bond acceptors (Lipinski definition) is 1. The Bertz CT molecular complexity index is 468. The van der Waals surface area contributed by atoms with Crippen LogP contribution in [0.5, 0.6) is 0 Å². The van der Waals surface area contributed by atoms with E-state index in [0.717, 1.165) is 18.4 Å². The van der Waals surface area contributed by atoms with Gasteiger partial charge in [-0.05, 0) is 67.6 Å². The van der Waals surface area contributed by atoms with E-state index in [1.54, 1.807) is 0 Å². The largest absolute Gasteiger partial charge is 0.294 e. The number of aryl methyl sites for hydroxylation is 2. The van der Waals surface area contributed by atoms with Crippen LogP contribution in [0, 0.1) is 17.8 Å². The van der Waals surface area contributed by atoms with Crippen molar-refractivity contribution in [1.29, 1.82) is 0 Å². The highest BCUT2D eigenvalue weighted by atomic mass is 16.1. The molecule has 0 atom stereocenters. The summed E-state index contributed by atoms with van der Waals surface area (Å²) >= 11 is 0. The third kappa shape index (κ3) is 2.61. The van der Waals surface area contributed by atoms with Crippen molar-refractivity contribution in [3.05, 3.63) is 34.9 Å². The number of hydrogen-bond donors (Lipinski definition) is 0. The van der Waals surface area contributed by atoms with E-state index in [1.807, 2.05) is 0 Å². The minimum atomic E-state index is 0.345. The molecule has 0 aliphatic heterocycles. The molecule has 2 aliphatic carbocycles. The highest BCUT2D eigenvalue weighted by Gasteiger charge is 2.45. The van der Waals surface area contributed by atoms with E-state index in [2.05, 4.69) is 32.0 Å². The van der Waals surface area contributed by atoms with E-state index in [0.29, 0.717) is 23.5 Å². The molecule has 0 unspecified atom stereocenters. The van der Waals surface area contributed by atoms with Crippen molar-refractivity contribution in [2.45, 2.75) is 52.4 Å². The fourth-order valence-corrected chi connectivity index (χ4v) is 3.37. The van der Waals surface area contributed by atoms with Gasteiger partial charge in [-0.15, -0.1) is 0 Å².